The molecule has 0 aliphatic heterocycles. The second kappa shape index (κ2) is 8.55. The summed E-state index contributed by atoms with van der Waals surface area (Å²) in [6, 6.07) is 6.66. The Bertz CT molecular complexity index is 419. The fraction of sp³-hybridized carbons (Fsp3) is 0.385. The molecular weight excluding hydrogens is 266 g/mol. The van der Waals surface area contributed by atoms with Crippen molar-refractivity contribution in [3.05, 3.63) is 35.4 Å². The summed E-state index contributed by atoms with van der Waals surface area (Å²) < 4.78 is 4.83. The van der Waals surface area contributed by atoms with E-state index in [1.54, 1.807) is 31.4 Å². The summed E-state index contributed by atoms with van der Waals surface area (Å²) in [6.07, 6.45) is 0. The van der Waals surface area contributed by atoms with E-state index >= 15 is 0 Å². The highest BCUT2D eigenvalue weighted by molar-refractivity contribution is 7.99. The summed E-state index contributed by atoms with van der Waals surface area (Å²) in [6.45, 7) is 1.02. The zero-order chi connectivity index (χ0) is 14.1. The van der Waals surface area contributed by atoms with Crippen molar-refractivity contribution >= 4 is 23.6 Å². The number of carbonyl (C=O) groups is 2. The highest BCUT2D eigenvalue weighted by atomic mass is 32.2. The van der Waals surface area contributed by atoms with Crippen molar-refractivity contribution in [3.63, 3.8) is 0 Å². The van der Waals surface area contributed by atoms with Gasteiger partial charge in [-0.1, -0.05) is 12.1 Å². The normalized spacial score (nSPS) is 10.2. The lowest BCUT2D eigenvalue weighted by molar-refractivity contribution is -0.118. The van der Waals surface area contributed by atoms with E-state index in [1.165, 1.54) is 11.8 Å². The highest BCUT2D eigenvalue weighted by Crippen LogP contribution is 2.13. The smallest absolute Gasteiger partial charge is 0.335 e. The van der Waals surface area contributed by atoms with Crippen molar-refractivity contribution in [1.82, 2.24) is 5.32 Å². The molecule has 6 heteroatoms. The fourth-order valence-corrected chi connectivity index (χ4v) is 2.17. The molecule has 0 bridgehead atoms. The number of hydrogen-bond acceptors (Lipinski definition) is 4. The van der Waals surface area contributed by atoms with E-state index in [9.17, 15) is 9.59 Å². The van der Waals surface area contributed by atoms with E-state index in [1.807, 2.05) is 0 Å². The van der Waals surface area contributed by atoms with Crippen LogP contribution in [-0.2, 0) is 15.3 Å². The lowest BCUT2D eigenvalue weighted by atomic mass is 10.1. The van der Waals surface area contributed by atoms with Crippen LogP contribution in [0.1, 0.15) is 15.9 Å². The maximum absolute atomic E-state index is 11.4. The van der Waals surface area contributed by atoms with Crippen LogP contribution in [-0.4, -0.2) is 43.0 Å². The van der Waals surface area contributed by atoms with Crippen LogP contribution >= 0.6 is 11.8 Å². The van der Waals surface area contributed by atoms with E-state index in [-0.39, 0.29) is 11.5 Å². The Morgan fingerprint density at radius 1 is 1.32 bits per heavy atom. The first kappa shape index (κ1) is 15.5. The average Bonchev–Trinajstić information content (AvgIpc) is 2.39. The third-order valence-corrected chi connectivity index (χ3v) is 3.33. The highest BCUT2D eigenvalue weighted by Gasteiger charge is 2.03. The molecule has 0 saturated carbocycles. The van der Waals surface area contributed by atoms with Crippen LogP contribution in [0.25, 0.3) is 0 Å². The van der Waals surface area contributed by atoms with Crippen molar-refractivity contribution < 1.29 is 19.4 Å². The van der Waals surface area contributed by atoms with Gasteiger partial charge in [0.05, 0.1) is 17.9 Å². The zero-order valence-electron chi connectivity index (χ0n) is 10.7. The van der Waals surface area contributed by atoms with Crippen LogP contribution in [0.4, 0.5) is 0 Å². The molecule has 2 N–H and O–H groups in total. The molecule has 5 nitrogen and oxygen atoms in total. The van der Waals surface area contributed by atoms with E-state index in [0.717, 1.165) is 5.56 Å². The van der Waals surface area contributed by atoms with Crippen LogP contribution in [0.3, 0.4) is 0 Å². The summed E-state index contributed by atoms with van der Waals surface area (Å²) >= 11 is 1.49. The first-order valence-electron chi connectivity index (χ1n) is 5.79. The molecule has 0 aliphatic rings. The molecule has 0 heterocycles. The number of carboxylic acid groups (broad SMARTS) is 1. The number of carboxylic acids is 1. The van der Waals surface area contributed by atoms with Crippen LogP contribution in [0.2, 0.25) is 0 Å². The lowest BCUT2D eigenvalue weighted by Crippen LogP contribution is -2.28. The molecule has 0 atom stereocenters. The van der Waals surface area contributed by atoms with Gasteiger partial charge in [-0.05, 0) is 17.7 Å². The van der Waals surface area contributed by atoms with Gasteiger partial charge in [-0.25, -0.2) is 4.79 Å². The number of rotatable bonds is 8. The Kier molecular flexibility index (Phi) is 6.99. The Labute approximate surface area is 116 Å². The zero-order valence-corrected chi connectivity index (χ0v) is 11.5. The van der Waals surface area contributed by atoms with E-state index in [2.05, 4.69) is 5.32 Å². The van der Waals surface area contributed by atoms with Gasteiger partial charge < -0.3 is 15.2 Å². The van der Waals surface area contributed by atoms with Gasteiger partial charge in [-0.2, -0.15) is 0 Å². The molecule has 0 aliphatic carbocycles. The number of aromatic carboxylic acids is 1. The predicted octanol–water partition coefficient (Wildman–Crippen LogP) is 1.38. The number of amides is 1. The van der Waals surface area contributed by atoms with Crippen molar-refractivity contribution in [2.45, 2.75) is 5.75 Å². The number of ether oxygens (including phenoxy) is 1. The molecular formula is C13H17NO4S. The molecule has 0 unspecified atom stereocenters. The summed E-state index contributed by atoms with van der Waals surface area (Å²) in [4.78, 5) is 22.1. The topological polar surface area (TPSA) is 75.6 Å². The molecule has 0 fully saturated rings. The number of carbonyl (C=O) groups excluding carboxylic acids is 1. The molecule has 1 aromatic rings. The minimum absolute atomic E-state index is 0.0239. The summed E-state index contributed by atoms with van der Waals surface area (Å²) in [7, 11) is 1.59. The van der Waals surface area contributed by atoms with Gasteiger partial charge in [0, 0.05) is 19.4 Å². The van der Waals surface area contributed by atoms with Crippen LogP contribution in [0, 0.1) is 0 Å². The van der Waals surface area contributed by atoms with Crippen LogP contribution < -0.4 is 5.32 Å². The first-order chi connectivity index (χ1) is 9.13. The maximum atomic E-state index is 11.4. The van der Waals surface area contributed by atoms with Gasteiger partial charge in [-0.3, -0.25) is 4.79 Å². The molecule has 1 aromatic carbocycles. The summed E-state index contributed by atoms with van der Waals surface area (Å²) in [5, 5.41) is 11.5. The van der Waals surface area contributed by atoms with Gasteiger partial charge in [0.2, 0.25) is 5.91 Å². The monoisotopic (exact) mass is 283 g/mol. The van der Waals surface area contributed by atoms with Gasteiger partial charge in [0.25, 0.3) is 0 Å². The van der Waals surface area contributed by atoms with Crippen molar-refractivity contribution in [1.29, 1.82) is 0 Å². The number of benzene rings is 1. The van der Waals surface area contributed by atoms with Gasteiger partial charge in [0.1, 0.15) is 0 Å². The quantitative estimate of drug-likeness (QED) is 0.705. The molecule has 1 rings (SSSR count). The molecule has 1 amide bonds. The van der Waals surface area contributed by atoms with Crippen molar-refractivity contribution in [2.75, 3.05) is 26.0 Å². The molecule has 0 saturated heterocycles. The van der Waals surface area contributed by atoms with Gasteiger partial charge in [0.15, 0.2) is 0 Å². The average molecular weight is 283 g/mol. The lowest BCUT2D eigenvalue weighted by Gasteiger charge is -2.04. The standard InChI is InChI=1S/C13H17NO4S/c1-18-7-6-14-12(15)9-19-8-10-2-4-11(5-3-10)13(16)17/h2-5H,6-9H2,1H3,(H,14,15)(H,16,17). The summed E-state index contributed by atoms with van der Waals surface area (Å²) in [5.74, 6) is 0.100. The number of methoxy groups -OCH3 is 1. The predicted molar refractivity (Wildman–Crippen MR) is 74.4 cm³/mol. The second-order valence-corrected chi connectivity index (χ2v) is 4.82. The van der Waals surface area contributed by atoms with Crippen molar-refractivity contribution in [3.8, 4) is 0 Å². The minimum atomic E-state index is -0.934. The van der Waals surface area contributed by atoms with E-state index in [0.29, 0.717) is 24.7 Å². The summed E-state index contributed by atoms with van der Waals surface area (Å²) in [5.41, 5.74) is 1.27. The molecule has 0 spiro atoms. The van der Waals surface area contributed by atoms with Crippen molar-refractivity contribution in [2.24, 2.45) is 0 Å². The Balaban J connectivity index is 2.25. The van der Waals surface area contributed by atoms with Crippen LogP contribution in [0.5, 0.6) is 0 Å². The molecule has 0 radical (unpaired) electrons. The Morgan fingerprint density at radius 2 is 2.00 bits per heavy atom. The Hall–Kier alpha value is -1.53. The van der Waals surface area contributed by atoms with Crippen LogP contribution in [0.15, 0.2) is 24.3 Å². The third-order valence-electron chi connectivity index (χ3n) is 2.33. The first-order valence-corrected chi connectivity index (χ1v) is 6.94. The fourth-order valence-electron chi connectivity index (χ4n) is 1.35. The molecule has 19 heavy (non-hydrogen) atoms. The largest absolute Gasteiger partial charge is 0.478 e. The third kappa shape index (κ3) is 6.26. The number of thioether (sulfide) groups is 1. The SMILES string of the molecule is COCCNC(=O)CSCc1ccc(C(=O)O)cc1. The minimum Gasteiger partial charge on any atom is -0.478 e. The molecule has 104 valence electrons. The van der Waals surface area contributed by atoms with Gasteiger partial charge in [-0.15, -0.1) is 11.8 Å². The molecule has 0 aromatic heterocycles. The Morgan fingerprint density at radius 3 is 2.58 bits per heavy atom. The van der Waals surface area contributed by atoms with E-state index < -0.39 is 5.97 Å². The number of hydrogen-bond donors (Lipinski definition) is 2. The van der Waals surface area contributed by atoms with E-state index in [4.69, 9.17) is 9.84 Å². The van der Waals surface area contributed by atoms with Gasteiger partial charge >= 0.3 is 5.97 Å². The second-order valence-electron chi connectivity index (χ2n) is 3.84. The maximum Gasteiger partial charge on any atom is 0.335 e. The number of nitrogens with one attached hydrogen (secondary N) is 1.